The van der Waals surface area contributed by atoms with Gasteiger partial charge in [0.1, 0.15) is 0 Å². The van der Waals surface area contributed by atoms with E-state index in [0.29, 0.717) is 26.2 Å². The van der Waals surface area contributed by atoms with Crippen molar-refractivity contribution in [3.8, 4) is 0 Å². The summed E-state index contributed by atoms with van der Waals surface area (Å²) in [5, 5.41) is 2.26. The van der Waals surface area contributed by atoms with Crippen LogP contribution in [0.3, 0.4) is 0 Å². The van der Waals surface area contributed by atoms with Crippen molar-refractivity contribution in [2.45, 2.75) is 12.2 Å². The Hall–Kier alpha value is -0.820. The van der Waals surface area contributed by atoms with Gasteiger partial charge in [-0.15, -0.1) is 0 Å². The lowest BCUT2D eigenvalue weighted by molar-refractivity contribution is 0.160. The van der Waals surface area contributed by atoms with Crippen molar-refractivity contribution in [2.24, 2.45) is 0 Å². The number of rotatable bonds is 5. The van der Waals surface area contributed by atoms with E-state index in [-0.39, 0.29) is 17.0 Å². The van der Waals surface area contributed by atoms with Gasteiger partial charge in [-0.2, -0.15) is 0 Å². The Kier molecular flexibility index (Phi) is 4.55. The van der Waals surface area contributed by atoms with E-state index in [1.807, 2.05) is 0 Å². The molecule has 1 aliphatic heterocycles. The van der Waals surface area contributed by atoms with Gasteiger partial charge < -0.3 is 15.0 Å². The maximum atomic E-state index is 11.4. The molecule has 94 valence electrons. The monoisotopic (exact) mass is 250 g/mol. The SMILES string of the molecule is CCS(=O)(=O)C1CN(C(=O)NCCOC)C1. The quantitative estimate of drug-likeness (QED) is 0.665. The molecular formula is C9H18N2O4S. The topological polar surface area (TPSA) is 75.7 Å². The Balaban J connectivity index is 2.28. The molecule has 1 fully saturated rings. The lowest BCUT2D eigenvalue weighted by Crippen LogP contribution is -2.59. The molecule has 0 aromatic heterocycles. The molecule has 1 N–H and O–H groups in total. The van der Waals surface area contributed by atoms with Crippen LogP contribution in [-0.2, 0) is 14.6 Å². The molecule has 1 saturated heterocycles. The van der Waals surface area contributed by atoms with Crippen molar-refractivity contribution in [1.82, 2.24) is 10.2 Å². The number of likely N-dealkylation sites (tertiary alicyclic amines) is 1. The average molecular weight is 250 g/mol. The third-order valence-electron chi connectivity index (χ3n) is 2.63. The minimum atomic E-state index is -3.00. The van der Waals surface area contributed by atoms with Gasteiger partial charge in [0.15, 0.2) is 9.84 Å². The van der Waals surface area contributed by atoms with E-state index in [9.17, 15) is 13.2 Å². The number of ether oxygens (including phenoxy) is 1. The van der Waals surface area contributed by atoms with Gasteiger partial charge in [0, 0.05) is 32.5 Å². The summed E-state index contributed by atoms with van der Waals surface area (Å²) in [5.74, 6) is 0.136. The highest BCUT2D eigenvalue weighted by Crippen LogP contribution is 2.16. The standard InChI is InChI=1S/C9H18N2O4S/c1-3-16(13,14)8-6-11(7-8)9(12)10-4-5-15-2/h8H,3-7H2,1-2H3,(H,10,12). The maximum Gasteiger partial charge on any atom is 0.317 e. The van der Waals surface area contributed by atoms with E-state index in [4.69, 9.17) is 4.74 Å². The maximum absolute atomic E-state index is 11.4. The number of nitrogens with one attached hydrogen (secondary N) is 1. The molecule has 16 heavy (non-hydrogen) atoms. The van der Waals surface area contributed by atoms with Crippen LogP contribution in [0, 0.1) is 0 Å². The third-order valence-corrected chi connectivity index (χ3v) is 4.75. The molecule has 0 atom stereocenters. The zero-order valence-corrected chi connectivity index (χ0v) is 10.4. The minimum Gasteiger partial charge on any atom is -0.383 e. The van der Waals surface area contributed by atoms with Crippen molar-refractivity contribution < 1.29 is 17.9 Å². The molecule has 0 saturated carbocycles. The molecule has 0 unspecified atom stereocenters. The Morgan fingerprint density at radius 3 is 2.62 bits per heavy atom. The van der Waals surface area contributed by atoms with Crippen molar-refractivity contribution in [3.05, 3.63) is 0 Å². The van der Waals surface area contributed by atoms with Gasteiger partial charge >= 0.3 is 6.03 Å². The van der Waals surface area contributed by atoms with Crippen LogP contribution in [0.15, 0.2) is 0 Å². The summed E-state index contributed by atoms with van der Waals surface area (Å²) in [7, 11) is -1.44. The van der Waals surface area contributed by atoms with Crippen molar-refractivity contribution in [3.63, 3.8) is 0 Å². The van der Waals surface area contributed by atoms with E-state index in [2.05, 4.69) is 5.32 Å². The Morgan fingerprint density at radius 2 is 2.12 bits per heavy atom. The molecule has 0 aromatic rings. The molecule has 0 radical (unpaired) electrons. The summed E-state index contributed by atoms with van der Waals surface area (Å²) in [5.41, 5.74) is 0. The second-order valence-corrected chi connectivity index (χ2v) is 6.27. The van der Waals surface area contributed by atoms with Gasteiger partial charge in [-0.3, -0.25) is 0 Å². The molecular weight excluding hydrogens is 232 g/mol. The smallest absolute Gasteiger partial charge is 0.317 e. The second-order valence-electron chi connectivity index (χ2n) is 3.70. The number of nitrogens with zero attached hydrogens (tertiary/aromatic N) is 1. The first-order valence-corrected chi connectivity index (χ1v) is 6.96. The molecule has 1 aliphatic rings. The minimum absolute atomic E-state index is 0.136. The molecule has 6 nitrogen and oxygen atoms in total. The summed E-state index contributed by atoms with van der Waals surface area (Å²) in [6.07, 6.45) is 0. The number of amides is 2. The van der Waals surface area contributed by atoms with Gasteiger partial charge in [0.05, 0.1) is 11.9 Å². The van der Waals surface area contributed by atoms with E-state index >= 15 is 0 Å². The van der Waals surface area contributed by atoms with Gasteiger partial charge in [0.25, 0.3) is 0 Å². The van der Waals surface area contributed by atoms with Crippen LogP contribution >= 0.6 is 0 Å². The van der Waals surface area contributed by atoms with Gasteiger partial charge in [-0.05, 0) is 0 Å². The number of carbonyl (C=O) groups is 1. The fourth-order valence-corrected chi connectivity index (χ4v) is 2.72. The highest BCUT2D eigenvalue weighted by atomic mass is 32.2. The Labute approximate surface area is 95.9 Å². The first kappa shape index (κ1) is 13.2. The van der Waals surface area contributed by atoms with Gasteiger partial charge in [-0.25, -0.2) is 13.2 Å². The summed E-state index contributed by atoms with van der Waals surface area (Å²) in [6.45, 7) is 3.12. The molecule has 2 amide bonds. The van der Waals surface area contributed by atoms with E-state index in [0.717, 1.165) is 0 Å². The van der Waals surface area contributed by atoms with E-state index in [1.54, 1.807) is 14.0 Å². The molecule has 0 bridgehead atoms. The number of carbonyl (C=O) groups excluding carboxylic acids is 1. The number of hydrogen-bond donors (Lipinski definition) is 1. The van der Waals surface area contributed by atoms with Crippen molar-refractivity contribution >= 4 is 15.9 Å². The number of hydrogen-bond acceptors (Lipinski definition) is 4. The predicted octanol–water partition coefficient (Wildman–Crippen LogP) is -0.539. The highest BCUT2D eigenvalue weighted by Gasteiger charge is 2.38. The van der Waals surface area contributed by atoms with Crippen LogP contribution in [0.4, 0.5) is 4.79 Å². The van der Waals surface area contributed by atoms with Crippen molar-refractivity contribution in [2.75, 3.05) is 39.1 Å². The first-order chi connectivity index (χ1) is 7.51. The second kappa shape index (κ2) is 5.49. The molecule has 1 heterocycles. The normalized spacial score (nSPS) is 17.0. The zero-order valence-electron chi connectivity index (χ0n) is 9.60. The molecule has 7 heteroatoms. The van der Waals surface area contributed by atoms with Crippen LogP contribution < -0.4 is 5.32 Å². The fraction of sp³-hybridized carbons (Fsp3) is 0.889. The zero-order chi connectivity index (χ0) is 12.2. The highest BCUT2D eigenvalue weighted by molar-refractivity contribution is 7.92. The number of urea groups is 1. The Morgan fingerprint density at radius 1 is 1.50 bits per heavy atom. The first-order valence-electron chi connectivity index (χ1n) is 5.24. The summed E-state index contributed by atoms with van der Waals surface area (Å²) in [4.78, 5) is 12.9. The lowest BCUT2D eigenvalue weighted by atomic mass is 10.2. The van der Waals surface area contributed by atoms with Crippen LogP contribution in [0.1, 0.15) is 6.92 Å². The fourth-order valence-electron chi connectivity index (χ4n) is 1.44. The van der Waals surface area contributed by atoms with Crippen LogP contribution in [0.5, 0.6) is 0 Å². The third kappa shape index (κ3) is 3.08. The van der Waals surface area contributed by atoms with Crippen molar-refractivity contribution in [1.29, 1.82) is 0 Å². The number of sulfone groups is 1. The van der Waals surface area contributed by atoms with Gasteiger partial charge in [0.2, 0.25) is 0 Å². The lowest BCUT2D eigenvalue weighted by Gasteiger charge is -2.38. The molecule has 0 aromatic carbocycles. The van der Waals surface area contributed by atoms with Gasteiger partial charge in [-0.1, -0.05) is 6.92 Å². The molecule has 0 spiro atoms. The van der Waals surface area contributed by atoms with Crippen LogP contribution in [-0.4, -0.2) is 63.7 Å². The summed E-state index contributed by atoms with van der Waals surface area (Å²) >= 11 is 0. The van der Waals surface area contributed by atoms with E-state index in [1.165, 1.54) is 4.90 Å². The van der Waals surface area contributed by atoms with Crippen LogP contribution in [0.25, 0.3) is 0 Å². The van der Waals surface area contributed by atoms with E-state index < -0.39 is 9.84 Å². The summed E-state index contributed by atoms with van der Waals surface area (Å²) in [6, 6.07) is -0.223. The Bertz CT molecular complexity index is 335. The summed E-state index contributed by atoms with van der Waals surface area (Å²) < 4.78 is 27.7. The molecule has 0 aliphatic carbocycles. The van der Waals surface area contributed by atoms with Crippen LogP contribution in [0.2, 0.25) is 0 Å². The number of methoxy groups -OCH3 is 1. The largest absolute Gasteiger partial charge is 0.383 e. The predicted molar refractivity (Wildman–Crippen MR) is 60.1 cm³/mol. The molecule has 1 rings (SSSR count). The average Bonchev–Trinajstić information content (AvgIpc) is 2.15.